The number of halogens is 2. The number of methoxy groups -OCH3 is 1. The molecule has 1 aliphatic rings. The number of hydrogen-bond acceptors (Lipinski definition) is 6. The van der Waals surface area contributed by atoms with Gasteiger partial charge in [0.1, 0.15) is 11.6 Å². The van der Waals surface area contributed by atoms with E-state index in [-0.39, 0.29) is 27.6 Å². The van der Waals surface area contributed by atoms with Crippen LogP contribution in [-0.2, 0) is 26.1 Å². The number of carbonyl (C=O) groups is 1. The first-order chi connectivity index (χ1) is 21.5. The molecule has 44 heavy (non-hydrogen) atoms. The molecule has 10 heteroatoms. The highest BCUT2D eigenvalue weighted by Crippen LogP contribution is 2.35. The molecule has 0 saturated heterocycles. The number of ether oxygens (including phenoxy) is 1. The van der Waals surface area contributed by atoms with Gasteiger partial charge in [0.15, 0.2) is 0 Å². The van der Waals surface area contributed by atoms with Crippen molar-refractivity contribution >= 4 is 29.1 Å². The van der Waals surface area contributed by atoms with E-state index in [2.05, 4.69) is 38.4 Å². The fraction of sp³-hybridized carbons (Fsp3) is 0.235. The molecule has 0 bridgehead atoms. The van der Waals surface area contributed by atoms with Crippen LogP contribution in [0.15, 0.2) is 85.5 Å². The highest BCUT2D eigenvalue weighted by molar-refractivity contribution is 6.39. The number of imidazole rings is 1. The maximum Gasteiger partial charge on any atom is 0.254 e. The molecule has 2 aromatic carbocycles. The van der Waals surface area contributed by atoms with Crippen molar-refractivity contribution in [2.45, 2.75) is 44.9 Å². The van der Waals surface area contributed by atoms with E-state index in [0.717, 1.165) is 58.9 Å². The third-order valence-corrected chi connectivity index (χ3v) is 8.45. The number of aryl methyl sites for hydroxylation is 1. The van der Waals surface area contributed by atoms with E-state index in [9.17, 15) is 4.79 Å². The van der Waals surface area contributed by atoms with Crippen LogP contribution in [0.4, 0.5) is 0 Å². The maximum absolute atomic E-state index is 12.9. The summed E-state index contributed by atoms with van der Waals surface area (Å²) in [5.41, 5.74) is 6.69. The van der Waals surface area contributed by atoms with Crippen LogP contribution in [0.3, 0.4) is 0 Å². The number of benzene rings is 2. The van der Waals surface area contributed by atoms with Crippen molar-refractivity contribution in [1.82, 2.24) is 30.2 Å². The van der Waals surface area contributed by atoms with Gasteiger partial charge in [-0.1, -0.05) is 65.7 Å². The molecule has 1 unspecified atom stereocenters. The van der Waals surface area contributed by atoms with Gasteiger partial charge in [-0.15, -0.1) is 0 Å². The second-order valence-corrected chi connectivity index (χ2v) is 11.6. The molecule has 0 aliphatic heterocycles. The standard InChI is InChI=1S/C34H32Cl2N6O2/c1-44-30-13-3-2-11-26(30)33-39-17-25(41-33)21-42(29-12-5-9-24-10-6-14-38-32(24)29)20-23-8-4-7-22(15-23)16-40-34(43)31-27(35)18-37-19-28(31)36/h2-4,6-8,10-11,13-15,17-19,29H,5,9,12,16,20-21H2,1H3,(H,39,41)(H,40,43). The molecule has 5 aromatic rings. The predicted molar refractivity (Wildman–Crippen MR) is 172 cm³/mol. The quantitative estimate of drug-likeness (QED) is 0.170. The lowest BCUT2D eigenvalue weighted by Gasteiger charge is -2.35. The summed E-state index contributed by atoms with van der Waals surface area (Å²) in [6.07, 6.45) is 9.76. The molecular weight excluding hydrogens is 595 g/mol. The number of para-hydroxylation sites is 1. The number of nitrogens with zero attached hydrogens (tertiary/aromatic N) is 4. The fourth-order valence-corrected chi connectivity index (χ4v) is 6.36. The topological polar surface area (TPSA) is 96.0 Å². The number of hydrogen-bond donors (Lipinski definition) is 2. The van der Waals surface area contributed by atoms with E-state index in [1.165, 1.54) is 18.0 Å². The van der Waals surface area contributed by atoms with Crippen LogP contribution >= 0.6 is 23.2 Å². The molecule has 0 saturated carbocycles. The van der Waals surface area contributed by atoms with Crippen molar-refractivity contribution < 1.29 is 9.53 Å². The summed E-state index contributed by atoms with van der Waals surface area (Å²) in [7, 11) is 1.67. The lowest BCUT2D eigenvalue weighted by molar-refractivity contribution is 0.0951. The zero-order valence-electron chi connectivity index (χ0n) is 24.3. The van der Waals surface area contributed by atoms with Gasteiger partial charge in [-0.05, 0) is 54.2 Å². The highest BCUT2D eigenvalue weighted by atomic mass is 35.5. The molecule has 0 radical (unpaired) electrons. The monoisotopic (exact) mass is 626 g/mol. The Morgan fingerprint density at radius 3 is 2.66 bits per heavy atom. The van der Waals surface area contributed by atoms with Gasteiger partial charge in [-0.25, -0.2) is 4.98 Å². The molecule has 3 aromatic heterocycles. The molecule has 0 fully saturated rings. The second-order valence-electron chi connectivity index (χ2n) is 10.8. The normalized spacial score (nSPS) is 14.3. The molecular formula is C34H32Cl2N6O2. The van der Waals surface area contributed by atoms with E-state index < -0.39 is 0 Å². The molecule has 1 atom stereocenters. The van der Waals surface area contributed by atoms with E-state index in [1.54, 1.807) is 7.11 Å². The SMILES string of the molecule is COc1ccccc1-c1ncc(CN(Cc2cccc(CNC(=O)c3c(Cl)cncc3Cl)c2)C2CCCc3cccnc32)[nH]1. The largest absolute Gasteiger partial charge is 0.496 e. The van der Waals surface area contributed by atoms with Crippen LogP contribution in [0.1, 0.15) is 57.3 Å². The van der Waals surface area contributed by atoms with E-state index in [4.69, 9.17) is 37.9 Å². The molecule has 1 amide bonds. The number of pyridine rings is 2. The average Bonchev–Trinajstić information content (AvgIpc) is 3.51. The summed E-state index contributed by atoms with van der Waals surface area (Å²) < 4.78 is 5.57. The first kappa shape index (κ1) is 29.8. The van der Waals surface area contributed by atoms with Crippen LogP contribution in [0, 0.1) is 0 Å². The van der Waals surface area contributed by atoms with Gasteiger partial charge in [0.2, 0.25) is 0 Å². The lowest BCUT2D eigenvalue weighted by Crippen LogP contribution is -2.31. The minimum Gasteiger partial charge on any atom is -0.496 e. The first-order valence-corrected chi connectivity index (χ1v) is 15.3. The van der Waals surface area contributed by atoms with E-state index in [0.29, 0.717) is 19.6 Å². The summed E-state index contributed by atoms with van der Waals surface area (Å²) in [4.78, 5) is 32.3. The molecule has 2 N–H and O–H groups in total. The number of H-pyrrole nitrogens is 1. The Morgan fingerprint density at radius 2 is 1.82 bits per heavy atom. The summed E-state index contributed by atoms with van der Waals surface area (Å²) in [6.45, 7) is 1.68. The predicted octanol–water partition coefficient (Wildman–Crippen LogP) is 7.19. The minimum absolute atomic E-state index is 0.150. The van der Waals surface area contributed by atoms with Crippen LogP contribution in [0.5, 0.6) is 5.75 Å². The lowest BCUT2D eigenvalue weighted by atomic mass is 9.90. The van der Waals surface area contributed by atoms with Gasteiger partial charge in [-0.3, -0.25) is 19.7 Å². The Balaban J connectivity index is 1.24. The number of amides is 1. The minimum atomic E-state index is -0.343. The Labute approximate surface area is 266 Å². The smallest absolute Gasteiger partial charge is 0.254 e. The maximum atomic E-state index is 12.9. The van der Waals surface area contributed by atoms with Gasteiger partial charge in [-0.2, -0.15) is 0 Å². The van der Waals surface area contributed by atoms with Gasteiger partial charge in [0.05, 0.1) is 40.0 Å². The van der Waals surface area contributed by atoms with Crippen LogP contribution in [-0.4, -0.2) is 37.9 Å². The molecule has 3 heterocycles. The summed E-state index contributed by atoms with van der Waals surface area (Å²) in [6, 6.07) is 20.5. The van der Waals surface area contributed by atoms with Crippen LogP contribution in [0.2, 0.25) is 10.0 Å². The van der Waals surface area contributed by atoms with Crippen molar-refractivity contribution in [3.63, 3.8) is 0 Å². The fourth-order valence-electron chi connectivity index (χ4n) is 5.82. The zero-order chi connectivity index (χ0) is 30.5. The molecule has 8 nitrogen and oxygen atoms in total. The Bertz CT molecular complexity index is 1750. The molecule has 224 valence electrons. The number of fused-ring (bicyclic) bond motifs is 1. The second kappa shape index (κ2) is 13.6. The highest BCUT2D eigenvalue weighted by Gasteiger charge is 2.28. The van der Waals surface area contributed by atoms with Crippen molar-refractivity contribution in [2.75, 3.05) is 7.11 Å². The molecule has 0 spiro atoms. The molecule has 6 rings (SSSR count). The van der Waals surface area contributed by atoms with Gasteiger partial charge < -0.3 is 15.0 Å². The third kappa shape index (κ3) is 6.63. The van der Waals surface area contributed by atoms with Gasteiger partial charge in [0.25, 0.3) is 5.91 Å². The number of carbonyl (C=O) groups excluding carboxylic acids is 1. The third-order valence-electron chi connectivity index (χ3n) is 7.88. The number of nitrogens with one attached hydrogen (secondary N) is 2. The average molecular weight is 628 g/mol. The van der Waals surface area contributed by atoms with Crippen LogP contribution < -0.4 is 10.1 Å². The number of rotatable bonds is 10. The van der Waals surface area contributed by atoms with Crippen molar-refractivity contribution in [1.29, 1.82) is 0 Å². The Morgan fingerprint density at radius 1 is 1.00 bits per heavy atom. The number of aromatic amines is 1. The van der Waals surface area contributed by atoms with Gasteiger partial charge in [0, 0.05) is 50.1 Å². The summed E-state index contributed by atoms with van der Waals surface area (Å²) in [5.74, 6) is 1.20. The van der Waals surface area contributed by atoms with Crippen molar-refractivity contribution in [2.24, 2.45) is 0 Å². The number of aromatic nitrogens is 4. The van der Waals surface area contributed by atoms with E-state index >= 15 is 0 Å². The van der Waals surface area contributed by atoms with Crippen molar-refractivity contribution in [3.8, 4) is 17.1 Å². The van der Waals surface area contributed by atoms with E-state index in [1.807, 2.05) is 54.9 Å². The van der Waals surface area contributed by atoms with Crippen molar-refractivity contribution in [3.05, 3.63) is 129 Å². The zero-order valence-corrected chi connectivity index (χ0v) is 25.8. The Kier molecular flexibility index (Phi) is 9.21. The van der Waals surface area contributed by atoms with Gasteiger partial charge >= 0.3 is 0 Å². The first-order valence-electron chi connectivity index (χ1n) is 14.5. The van der Waals surface area contributed by atoms with Crippen LogP contribution in [0.25, 0.3) is 11.4 Å². The summed E-state index contributed by atoms with van der Waals surface area (Å²) >= 11 is 12.4. The molecule has 1 aliphatic carbocycles. The summed E-state index contributed by atoms with van der Waals surface area (Å²) in [5, 5.41) is 3.37. The Hall–Kier alpha value is -4.24.